The molecule has 3 amide bonds. The van der Waals surface area contributed by atoms with Crippen molar-refractivity contribution in [1.29, 1.82) is 0 Å². The highest BCUT2D eigenvalue weighted by molar-refractivity contribution is 5.87. The third-order valence-electron chi connectivity index (χ3n) is 3.13. The fraction of sp³-hybridized carbons (Fsp3) is 0.438. The van der Waals surface area contributed by atoms with Crippen molar-refractivity contribution in [2.75, 3.05) is 38.1 Å². The smallest absolute Gasteiger partial charge is 0.239 e. The second-order valence-corrected chi connectivity index (χ2v) is 5.15. The number of para-hydroxylation sites is 1. The van der Waals surface area contributed by atoms with Gasteiger partial charge in [-0.1, -0.05) is 18.2 Å². The van der Waals surface area contributed by atoms with Crippen LogP contribution in [0.4, 0.5) is 5.69 Å². The molecule has 0 aliphatic rings. The summed E-state index contributed by atoms with van der Waals surface area (Å²) in [5.41, 5.74) is 1.13. The first kappa shape index (κ1) is 18.5. The second-order valence-electron chi connectivity index (χ2n) is 5.15. The van der Waals surface area contributed by atoms with E-state index in [0.717, 1.165) is 18.7 Å². The molecule has 7 heteroatoms. The largest absolute Gasteiger partial charge is 0.375 e. The van der Waals surface area contributed by atoms with Gasteiger partial charge in [-0.3, -0.25) is 14.4 Å². The van der Waals surface area contributed by atoms with Gasteiger partial charge in [0.1, 0.15) is 0 Å². The minimum Gasteiger partial charge on any atom is -0.375 e. The summed E-state index contributed by atoms with van der Waals surface area (Å²) in [5, 5.41) is 7.54. The van der Waals surface area contributed by atoms with E-state index in [4.69, 9.17) is 0 Å². The van der Waals surface area contributed by atoms with Gasteiger partial charge in [-0.05, 0) is 18.6 Å². The van der Waals surface area contributed by atoms with Gasteiger partial charge in [-0.25, -0.2) is 0 Å². The predicted molar refractivity (Wildman–Crippen MR) is 89.0 cm³/mol. The maximum Gasteiger partial charge on any atom is 0.239 e. The molecule has 3 N–H and O–H groups in total. The average Bonchev–Trinajstić information content (AvgIpc) is 2.55. The van der Waals surface area contributed by atoms with E-state index in [1.165, 1.54) is 6.92 Å². The van der Waals surface area contributed by atoms with E-state index in [9.17, 15) is 14.4 Å². The molecular weight excluding hydrogens is 296 g/mol. The molecule has 1 aromatic rings. The molecule has 0 bridgehead atoms. The maximum absolute atomic E-state index is 11.6. The molecule has 7 nitrogen and oxygen atoms in total. The van der Waals surface area contributed by atoms with Crippen molar-refractivity contribution in [3.63, 3.8) is 0 Å². The Kier molecular flexibility index (Phi) is 8.20. The van der Waals surface area contributed by atoms with Crippen molar-refractivity contribution in [2.24, 2.45) is 0 Å². The number of benzene rings is 1. The van der Waals surface area contributed by atoms with Crippen molar-refractivity contribution in [3.05, 3.63) is 30.3 Å². The zero-order chi connectivity index (χ0) is 17.1. The lowest BCUT2D eigenvalue weighted by atomic mass is 10.3. The van der Waals surface area contributed by atoms with Crippen LogP contribution < -0.4 is 20.9 Å². The molecule has 0 spiro atoms. The quantitative estimate of drug-likeness (QED) is 0.553. The van der Waals surface area contributed by atoms with Crippen LogP contribution in [0.5, 0.6) is 0 Å². The summed E-state index contributed by atoms with van der Waals surface area (Å²) in [4.78, 5) is 35.6. The van der Waals surface area contributed by atoms with E-state index in [2.05, 4.69) is 20.9 Å². The van der Waals surface area contributed by atoms with Crippen LogP contribution >= 0.6 is 0 Å². The summed E-state index contributed by atoms with van der Waals surface area (Å²) in [7, 11) is 2.00. The predicted octanol–water partition coefficient (Wildman–Crippen LogP) is -0.119. The number of nitrogens with zero attached hydrogens (tertiary/aromatic N) is 1. The van der Waals surface area contributed by atoms with Gasteiger partial charge in [0.2, 0.25) is 17.7 Å². The molecule has 0 saturated heterocycles. The lowest BCUT2D eigenvalue weighted by molar-refractivity contribution is -0.127. The fourth-order valence-corrected chi connectivity index (χ4v) is 1.86. The minimum atomic E-state index is -0.390. The molecule has 0 saturated carbocycles. The van der Waals surface area contributed by atoms with Gasteiger partial charge >= 0.3 is 0 Å². The fourth-order valence-electron chi connectivity index (χ4n) is 1.86. The zero-order valence-corrected chi connectivity index (χ0v) is 13.6. The summed E-state index contributed by atoms with van der Waals surface area (Å²) in [6, 6.07) is 10.00. The van der Waals surface area contributed by atoms with Crippen LogP contribution in [0, 0.1) is 0 Å². The van der Waals surface area contributed by atoms with Crippen LogP contribution in [0.25, 0.3) is 0 Å². The van der Waals surface area contributed by atoms with Gasteiger partial charge in [-0.2, -0.15) is 0 Å². The Morgan fingerprint density at radius 2 is 1.57 bits per heavy atom. The normalized spacial score (nSPS) is 9.83. The molecule has 0 aromatic heterocycles. The number of rotatable bonds is 9. The van der Waals surface area contributed by atoms with Gasteiger partial charge in [0.05, 0.1) is 13.1 Å². The van der Waals surface area contributed by atoms with Crippen LogP contribution in [0.1, 0.15) is 13.3 Å². The Bertz CT molecular complexity index is 519. The molecule has 0 aliphatic carbocycles. The standard InChI is InChI=1S/C16H24N4O3/c1-13(21)18-11-16(23)19-12-15(22)17-9-6-10-20(2)14-7-4-3-5-8-14/h3-5,7-8H,6,9-12H2,1-2H3,(H,17,22)(H,18,21)(H,19,23). The van der Waals surface area contributed by atoms with Crippen molar-refractivity contribution < 1.29 is 14.4 Å². The summed E-state index contributed by atoms with van der Waals surface area (Å²) in [6.07, 6.45) is 0.803. The summed E-state index contributed by atoms with van der Waals surface area (Å²) < 4.78 is 0. The highest BCUT2D eigenvalue weighted by Gasteiger charge is 2.06. The first-order valence-corrected chi connectivity index (χ1v) is 7.53. The Morgan fingerprint density at radius 1 is 0.957 bits per heavy atom. The molecule has 1 rings (SSSR count). The second kappa shape index (κ2) is 10.2. The first-order valence-electron chi connectivity index (χ1n) is 7.53. The number of nitrogens with one attached hydrogen (secondary N) is 3. The summed E-state index contributed by atoms with van der Waals surface area (Å²) in [5.74, 6) is -0.921. The minimum absolute atomic E-state index is 0.0903. The molecule has 0 atom stereocenters. The molecular formula is C16H24N4O3. The average molecular weight is 320 g/mol. The molecule has 1 aromatic carbocycles. The van der Waals surface area contributed by atoms with Gasteiger partial charge in [0.25, 0.3) is 0 Å². The van der Waals surface area contributed by atoms with Crippen LogP contribution in [-0.2, 0) is 14.4 Å². The van der Waals surface area contributed by atoms with Crippen LogP contribution in [0.15, 0.2) is 30.3 Å². The number of hydrogen-bond acceptors (Lipinski definition) is 4. The van der Waals surface area contributed by atoms with Crippen molar-refractivity contribution >= 4 is 23.4 Å². The zero-order valence-electron chi connectivity index (χ0n) is 13.6. The van der Waals surface area contributed by atoms with Crippen LogP contribution in [0.3, 0.4) is 0 Å². The lowest BCUT2D eigenvalue weighted by Gasteiger charge is -2.19. The van der Waals surface area contributed by atoms with E-state index in [1.54, 1.807) is 0 Å². The molecule has 0 radical (unpaired) electrons. The van der Waals surface area contributed by atoms with Crippen LogP contribution in [0.2, 0.25) is 0 Å². The Labute approximate surface area is 136 Å². The van der Waals surface area contributed by atoms with Crippen molar-refractivity contribution in [3.8, 4) is 0 Å². The number of hydrogen-bond donors (Lipinski definition) is 3. The van der Waals surface area contributed by atoms with E-state index < -0.39 is 0 Å². The van der Waals surface area contributed by atoms with Crippen molar-refractivity contribution in [2.45, 2.75) is 13.3 Å². The summed E-state index contributed by atoms with van der Waals surface area (Å²) in [6.45, 7) is 2.47. The lowest BCUT2D eigenvalue weighted by Crippen LogP contribution is -2.42. The molecule has 0 heterocycles. The van der Waals surface area contributed by atoms with E-state index >= 15 is 0 Å². The topological polar surface area (TPSA) is 90.5 Å². The molecule has 126 valence electrons. The Morgan fingerprint density at radius 3 is 2.22 bits per heavy atom. The highest BCUT2D eigenvalue weighted by atomic mass is 16.2. The van der Waals surface area contributed by atoms with Gasteiger partial charge in [0.15, 0.2) is 0 Å². The van der Waals surface area contributed by atoms with E-state index in [0.29, 0.717) is 6.54 Å². The molecule has 23 heavy (non-hydrogen) atoms. The van der Waals surface area contributed by atoms with E-state index in [-0.39, 0.29) is 30.8 Å². The highest BCUT2D eigenvalue weighted by Crippen LogP contribution is 2.10. The molecule has 0 aliphatic heterocycles. The van der Waals surface area contributed by atoms with Crippen LogP contribution in [-0.4, -0.2) is 50.9 Å². The first-order chi connectivity index (χ1) is 11.0. The van der Waals surface area contributed by atoms with Gasteiger partial charge in [0, 0.05) is 32.7 Å². The maximum atomic E-state index is 11.6. The summed E-state index contributed by atoms with van der Waals surface area (Å²) >= 11 is 0. The molecule has 0 fully saturated rings. The van der Waals surface area contributed by atoms with E-state index in [1.807, 2.05) is 37.4 Å². The SMILES string of the molecule is CC(=O)NCC(=O)NCC(=O)NCCCN(C)c1ccccc1. The monoisotopic (exact) mass is 320 g/mol. The van der Waals surface area contributed by atoms with Gasteiger partial charge in [-0.15, -0.1) is 0 Å². The van der Waals surface area contributed by atoms with Gasteiger partial charge < -0.3 is 20.9 Å². The number of amides is 3. The number of carbonyl (C=O) groups is 3. The Hall–Kier alpha value is -2.57. The molecule has 0 unspecified atom stereocenters. The third kappa shape index (κ3) is 8.45. The Balaban J connectivity index is 2.10. The third-order valence-corrected chi connectivity index (χ3v) is 3.13. The van der Waals surface area contributed by atoms with Crippen molar-refractivity contribution in [1.82, 2.24) is 16.0 Å². The number of carbonyl (C=O) groups excluding carboxylic acids is 3. The number of anilines is 1.